The van der Waals surface area contributed by atoms with E-state index < -0.39 is 5.54 Å². The van der Waals surface area contributed by atoms with Crippen molar-refractivity contribution in [2.75, 3.05) is 20.3 Å². The first-order valence-electron chi connectivity index (χ1n) is 5.95. The highest BCUT2D eigenvalue weighted by Crippen LogP contribution is 2.10. The van der Waals surface area contributed by atoms with Crippen molar-refractivity contribution < 1.29 is 14.3 Å². The van der Waals surface area contributed by atoms with Crippen molar-refractivity contribution in [1.82, 2.24) is 5.32 Å². The summed E-state index contributed by atoms with van der Waals surface area (Å²) in [5, 5.41) is 3.11. The predicted octanol–water partition coefficient (Wildman–Crippen LogP) is 1.73. The number of carbonyl (C=O) groups excluding carboxylic acids is 1. The van der Waals surface area contributed by atoms with E-state index in [1.54, 1.807) is 6.92 Å². The number of esters is 1. The summed E-state index contributed by atoms with van der Waals surface area (Å²) in [6, 6.07) is 0. The second kappa shape index (κ2) is 7.63. The van der Waals surface area contributed by atoms with Crippen molar-refractivity contribution in [3.63, 3.8) is 0 Å². The fourth-order valence-corrected chi connectivity index (χ4v) is 1.60. The molecule has 0 aromatic carbocycles. The van der Waals surface area contributed by atoms with Crippen LogP contribution in [0.1, 0.15) is 40.5 Å². The molecular weight excluding hydrogens is 206 g/mol. The van der Waals surface area contributed by atoms with Crippen molar-refractivity contribution in [2.45, 2.75) is 52.2 Å². The zero-order valence-corrected chi connectivity index (χ0v) is 11.1. The van der Waals surface area contributed by atoms with Gasteiger partial charge in [-0.1, -0.05) is 20.3 Å². The smallest absolute Gasteiger partial charge is 0.328 e. The number of likely N-dealkylation sites (N-methyl/N-ethyl adjacent to an activating group) is 1. The number of hydrogen-bond acceptors (Lipinski definition) is 4. The lowest BCUT2D eigenvalue weighted by molar-refractivity contribution is -0.151. The van der Waals surface area contributed by atoms with Gasteiger partial charge in [-0.15, -0.1) is 0 Å². The highest BCUT2D eigenvalue weighted by molar-refractivity contribution is 5.80. The Labute approximate surface area is 98.7 Å². The van der Waals surface area contributed by atoms with Crippen molar-refractivity contribution in [3.8, 4) is 0 Å². The van der Waals surface area contributed by atoms with Gasteiger partial charge < -0.3 is 14.8 Å². The second-order valence-electron chi connectivity index (χ2n) is 4.26. The number of ether oxygens (including phenoxy) is 2. The van der Waals surface area contributed by atoms with E-state index in [-0.39, 0.29) is 12.1 Å². The summed E-state index contributed by atoms with van der Waals surface area (Å²) in [6.45, 7) is 8.94. The van der Waals surface area contributed by atoms with Gasteiger partial charge in [-0.2, -0.15) is 0 Å². The van der Waals surface area contributed by atoms with Gasteiger partial charge >= 0.3 is 5.97 Å². The third-order valence-corrected chi connectivity index (χ3v) is 2.55. The molecule has 0 aliphatic heterocycles. The summed E-state index contributed by atoms with van der Waals surface area (Å²) < 4.78 is 10.4. The van der Waals surface area contributed by atoms with Gasteiger partial charge in [0.2, 0.25) is 0 Å². The fraction of sp³-hybridized carbons (Fsp3) is 0.917. The molecule has 4 heteroatoms. The van der Waals surface area contributed by atoms with Gasteiger partial charge in [-0.25, -0.2) is 4.79 Å². The van der Waals surface area contributed by atoms with Crippen LogP contribution in [0.2, 0.25) is 0 Å². The Bertz CT molecular complexity index is 208. The second-order valence-corrected chi connectivity index (χ2v) is 4.26. The molecule has 0 radical (unpaired) electrons. The summed E-state index contributed by atoms with van der Waals surface area (Å²) in [7, 11) is 1.40. The van der Waals surface area contributed by atoms with Gasteiger partial charge in [-0.3, -0.25) is 0 Å². The van der Waals surface area contributed by atoms with Crippen LogP contribution in [0.15, 0.2) is 0 Å². The minimum absolute atomic E-state index is 0.174. The van der Waals surface area contributed by atoms with E-state index in [2.05, 4.69) is 12.2 Å². The van der Waals surface area contributed by atoms with Crippen molar-refractivity contribution in [2.24, 2.45) is 0 Å². The van der Waals surface area contributed by atoms with E-state index in [0.29, 0.717) is 13.2 Å². The van der Waals surface area contributed by atoms with Crippen LogP contribution in [0.25, 0.3) is 0 Å². The molecule has 2 atom stereocenters. The molecule has 0 bridgehead atoms. The van der Waals surface area contributed by atoms with Crippen LogP contribution in [-0.2, 0) is 14.3 Å². The van der Waals surface area contributed by atoms with Crippen LogP contribution >= 0.6 is 0 Å². The van der Waals surface area contributed by atoms with Crippen molar-refractivity contribution in [1.29, 1.82) is 0 Å². The average molecular weight is 231 g/mol. The summed E-state index contributed by atoms with van der Waals surface area (Å²) >= 11 is 0. The van der Waals surface area contributed by atoms with Crippen LogP contribution in [-0.4, -0.2) is 37.9 Å². The van der Waals surface area contributed by atoms with E-state index in [9.17, 15) is 4.79 Å². The lowest BCUT2D eigenvalue weighted by Gasteiger charge is -2.28. The quantitative estimate of drug-likeness (QED) is 0.646. The molecule has 1 N–H and O–H groups in total. The summed E-state index contributed by atoms with van der Waals surface area (Å²) in [5.41, 5.74) is -0.745. The molecule has 2 unspecified atom stereocenters. The molecule has 0 rings (SSSR count). The van der Waals surface area contributed by atoms with E-state index >= 15 is 0 Å². The monoisotopic (exact) mass is 231 g/mol. The first-order chi connectivity index (χ1) is 7.50. The first kappa shape index (κ1) is 15.4. The summed E-state index contributed by atoms with van der Waals surface area (Å²) in [4.78, 5) is 11.6. The molecule has 0 aromatic heterocycles. The highest BCUT2D eigenvalue weighted by atomic mass is 16.5. The fourth-order valence-electron chi connectivity index (χ4n) is 1.60. The maximum atomic E-state index is 11.6. The van der Waals surface area contributed by atoms with Crippen LogP contribution in [0.5, 0.6) is 0 Å². The molecule has 0 fully saturated rings. The Morgan fingerprint density at radius 2 is 2.06 bits per heavy atom. The molecule has 0 heterocycles. The minimum Gasteiger partial charge on any atom is -0.468 e. The van der Waals surface area contributed by atoms with Crippen LogP contribution in [0.4, 0.5) is 0 Å². The maximum absolute atomic E-state index is 11.6. The summed E-state index contributed by atoms with van der Waals surface area (Å²) in [5.74, 6) is -0.280. The molecular formula is C12H25NO3. The Morgan fingerprint density at radius 1 is 1.44 bits per heavy atom. The van der Waals surface area contributed by atoms with E-state index in [1.807, 2.05) is 13.8 Å². The average Bonchev–Trinajstić information content (AvgIpc) is 2.26. The molecule has 4 nitrogen and oxygen atoms in total. The molecule has 0 saturated heterocycles. The number of carbonyl (C=O) groups is 1. The molecule has 0 aromatic rings. The molecule has 0 amide bonds. The van der Waals surface area contributed by atoms with Gasteiger partial charge in [0.15, 0.2) is 0 Å². The molecule has 0 aliphatic carbocycles. The molecule has 0 saturated carbocycles. The standard InChI is InChI=1S/C12H25NO3/c1-6-8-10(3)16-9-12(4,13-7-2)11(14)15-5/h10,13H,6-9H2,1-5H3. The van der Waals surface area contributed by atoms with Crippen LogP contribution < -0.4 is 5.32 Å². The Hall–Kier alpha value is -0.610. The SMILES string of the molecule is CCCC(C)OCC(C)(NCC)C(=O)OC. The Morgan fingerprint density at radius 3 is 2.50 bits per heavy atom. The largest absolute Gasteiger partial charge is 0.468 e. The minimum atomic E-state index is -0.745. The third-order valence-electron chi connectivity index (χ3n) is 2.55. The highest BCUT2D eigenvalue weighted by Gasteiger charge is 2.34. The lowest BCUT2D eigenvalue weighted by atomic mass is 10.0. The van der Waals surface area contributed by atoms with Gasteiger partial charge in [0.1, 0.15) is 5.54 Å². The predicted molar refractivity (Wildman–Crippen MR) is 64.4 cm³/mol. The normalized spacial score (nSPS) is 16.6. The van der Waals surface area contributed by atoms with E-state index in [1.165, 1.54) is 7.11 Å². The number of methoxy groups -OCH3 is 1. The number of rotatable bonds is 8. The molecule has 96 valence electrons. The van der Waals surface area contributed by atoms with Crippen molar-refractivity contribution >= 4 is 5.97 Å². The Balaban J connectivity index is 4.27. The van der Waals surface area contributed by atoms with E-state index in [0.717, 1.165) is 12.8 Å². The van der Waals surface area contributed by atoms with Crippen molar-refractivity contribution in [3.05, 3.63) is 0 Å². The zero-order valence-electron chi connectivity index (χ0n) is 11.1. The molecule has 0 aliphatic rings. The summed E-state index contributed by atoms with van der Waals surface area (Å²) in [6.07, 6.45) is 2.26. The van der Waals surface area contributed by atoms with Gasteiger partial charge in [0, 0.05) is 0 Å². The number of hydrogen-bond donors (Lipinski definition) is 1. The maximum Gasteiger partial charge on any atom is 0.328 e. The zero-order chi connectivity index (χ0) is 12.6. The number of nitrogens with one attached hydrogen (secondary N) is 1. The van der Waals surface area contributed by atoms with E-state index in [4.69, 9.17) is 9.47 Å². The Kier molecular flexibility index (Phi) is 7.34. The lowest BCUT2D eigenvalue weighted by Crippen LogP contribution is -2.54. The molecule has 16 heavy (non-hydrogen) atoms. The van der Waals surface area contributed by atoms with Gasteiger partial charge in [0.05, 0.1) is 19.8 Å². The first-order valence-corrected chi connectivity index (χ1v) is 5.95. The third kappa shape index (κ3) is 4.94. The van der Waals surface area contributed by atoms with Crippen LogP contribution in [0.3, 0.4) is 0 Å². The van der Waals surface area contributed by atoms with Gasteiger partial charge in [-0.05, 0) is 26.8 Å². The van der Waals surface area contributed by atoms with Crippen LogP contribution in [0, 0.1) is 0 Å². The molecule has 0 spiro atoms. The topological polar surface area (TPSA) is 47.6 Å². The van der Waals surface area contributed by atoms with Gasteiger partial charge in [0.25, 0.3) is 0 Å².